The molecule has 0 radical (unpaired) electrons. The van der Waals surface area contributed by atoms with E-state index in [1.165, 1.54) is 11.8 Å². The SMILES string of the molecule is Cc1cc(C)n2nc(SCc3ccccc3C(=O)N(C)C[C@H]3COc4ccccc4O3)nc2n1. The second-order valence-electron chi connectivity index (χ2n) is 8.27. The molecule has 1 atom stereocenters. The zero-order valence-corrected chi connectivity index (χ0v) is 20.1. The van der Waals surface area contributed by atoms with Gasteiger partial charge in [-0.05, 0) is 43.7 Å². The van der Waals surface area contributed by atoms with Gasteiger partial charge in [-0.15, -0.1) is 5.10 Å². The van der Waals surface area contributed by atoms with Gasteiger partial charge in [0.05, 0.1) is 6.54 Å². The van der Waals surface area contributed by atoms with Crippen molar-refractivity contribution in [2.24, 2.45) is 0 Å². The van der Waals surface area contributed by atoms with E-state index in [4.69, 9.17) is 9.47 Å². The Bertz CT molecular complexity index is 1360. The molecule has 1 aliphatic heterocycles. The normalized spacial score (nSPS) is 14.9. The maximum absolute atomic E-state index is 13.3. The molecule has 0 aliphatic carbocycles. The molecule has 3 heterocycles. The van der Waals surface area contributed by atoms with Gasteiger partial charge in [-0.3, -0.25) is 4.79 Å². The van der Waals surface area contributed by atoms with Crippen molar-refractivity contribution in [3.8, 4) is 11.5 Å². The van der Waals surface area contributed by atoms with Crippen molar-refractivity contribution in [1.82, 2.24) is 24.5 Å². The molecular formula is C25H25N5O3S. The highest BCUT2D eigenvalue weighted by atomic mass is 32.2. The fourth-order valence-corrected chi connectivity index (χ4v) is 4.78. The lowest BCUT2D eigenvalue weighted by Crippen LogP contribution is -2.42. The van der Waals surface area contributed by atoms with Crippen LogP contribution >= 0.6 is 11.8 Å². The number of carbonyl (C=O) groups is 1. The monoisotopic (exact) mass is 475 g/mol. The van der Waals surface area contributed by atoms with Crippen LogP contribution in [0.4, 0.5) is 0 Å². The molecule has 0 bridgehead atoms. The van der Waals surface area contributed by atoms with Gasteiger partial charge in [0.15, 0.2) is 17.6 Å². The highest BCUT2D eigenvalue weighted by Gasteiger charge is 2.25. The average Bonchev–Trinajstić information content (AvgIpc) is 3.25. The lowest BCUT2D eigenvalue weighted by Gasteiger charge is -2.29. The Hall–Kier alpha value is -3.59. The molecule has 1 aliphatic rings. The molecule has 0 spiro atoms. The predicted molar refractivity (Wildman–Crippen MR) is 130 cm³/mol. The third-order valence-electron chi connectivity index (χ3n) is 5.60. The summed E-state index contributed by atoms with van der Waals surface area (Å²) in [5.41, 5.74) is 3.47. The number of hydrogen-bond donors (Lipinski definition) is 0. The van der Waals surface area contributed by atoms with Crippen molar-refractivity contribution in [1.29, 1.82) is 0 Å². The Morgan fingerprint density at radius 2 is 1.88 bits per heavy atom. The van der Waals surface area contributed by atoms with E-state index >= 15 is 0 Å². The first-order chi connectivity index (χ1) is 16.5. The molecule has 0 unspecified atom stereocenters. The van der Waals surface area contributed by atoms with Crippen LogP contribution < -0.4 is 9.47 Å². The van der Waals surface area contributed by atoms with Crippen molar-refractivity contribution in [3.63, 3.8) is 0 Å². The van der Waals surface area contributed by atoms with E-state index in [1.807, 2.05) is 68.4 Å². The lowest BCUT2D eigenvalue weighted by atomic mass is 10.1. The number of fused-ring (bicyclic) bond motifs is 2. The molecule has 0 saturated carbocycles. The minimum absolute atomic E-state index is 0.0604. The molecule has 1 amide bonds. The molecule has 0 N–H and O–H groups in total. The molecule has 0 saturated heterocycles. The first kappa shape index (κ1) is 22.2. The van der Waals surface area contributed by atoms with Gasteiger partial charge in [0.25, 0.3) is 11.7 Å². The number of ether oxygens (including phenoxy) is 2. The second kappa shape index (κ2) is 9.34. The summed E-state index contributed by atoms with van der Waals surface area (Å²) >= 11 is 1.49. The minimum atomic E-state index is -0.230. The second-order valence-corrected chi connectivity index (χ2v) is 9.22. The van der Waals surface area contributed by atoms with E-state index in [9.17, 15) is 4.79 Å². The smallest absolute Gasteiger partial charge is 0.254 e. The number of thioether (sulfide) groups is 1. The van der Waals surface area contributed by atoms with Crippen molar-refractivity contribution in [2.45, 2.75) is 30.9 Å². The molecule has 8 nitrogen and oxygen atoms in total. The van der Waals surface area contributed by atoms with Crippen LogP contribution in [0.25, 0.3) is 5.78 Å². The summed E-state index contributed by atoms with van der Waals surface area (Å²) in [5.74, 6) is 2.53. The topological polar surface area (TPSA) is 81.9 Å². The Balaban J connectivity index is 1.27. The molecule has 34 heavy (non-hydrogen) atoms. The Labute approximate surface area is 201 Å². The summed E-state index contributed by atoms with van der Waals surface area (Å²) in [4.78, 5) is 24.0. The zero-order valence-electron chi connectivity index (χ0n) is 19.3. The minimum Gasteiger partial charge on any atom is -0.486 e. The van der Waals surface area contributed by atoms with Gasteiger partial charge < -0.3 is 14.4 Å². The van der Waals surface area contributed by atoms with E-state index in [2.05, 4.69) is 15.1 Å². The van der Waals surface area contributed by atoms with Crippen LogP contribution in [0.5, 0.6) is 11.5 Å². The number of benzene rings is 2. The highest BCUT2D eigenvalue weighted by Crippen LogP contribution is 2.31. The Kier molecular flexibility index (Phi) is 6.10. The lowest BCUT2D eigenvalue weighted by molar-refractivity contribution is 0.0520. The summed E-state index contributed by atoms with van der Waals surface area (Å²) in [7, 11) is 1.79. The molecule has 4 aromatic rings. The van der Waals surface area contributed by atoms with Crippen molar-refractivity contribution < 1.29 is 14.3 Å². The average molecular weight is 476 g/mol. The number of para-hydroxylation sites is 2. The summed E-state index contributed by atoms with van der Waals surface area (Å²) in [5, 5.41) is 5.18. The van der Waals surface area contributed by atoms with Crippen LogP contribution in [-0.4, -0.2) is 56.7 Å². The standard InChI is InChI=1S/C25H25N5O3S/c1-16-12-17(2)30-24(26-16)27-25(28-30)34-15-18-8-4-5-9-20(18)23(31)29(3)13-19-14-32-21-10-6-7-11-22(21)33-19/h4-12,19H,13-15H2,1-3H3/t19-/m0/s1. The van der Waals surface area contributed by atoms with Crippen LogP contribution in [0.1, 0.15) is 27.3 Å². The molecule has 5 rings (SSSR count). The number of rotatable bonds is 6. The number of likely N-dealkylation sites (N-methyl/N-ethyl adjacent to an activating group) is 1. The Morgan fingerprint density at radius 1 is 1.12 bits per heavy atom. The molecule has 0 fully saturated rings. The maximum Gasteiger partial charge on any atom is 0.254 e. The quantitative estimate of drug-likeness (QED) is 0.391. The molecular weight excluding hydrogens is 450 g/mol. The van der Waals surface area contributed by atoms with Crippen molar-refractivity contribution in [3.05, 3.63) is 77.1 Å². The van der Waals surface area contributed by atoms with E-state index < -0.39 is 0 Å². The Morgan fingerprint density at radius 3 is 2.74 bits per heavy atom. The van der Waals surface area contributed by atoms with Crippen LogP contribution in [0, 0.1) is 13.8 Å². The fourth-order valence-electron chi connectivity index (χ4n) is 3.95. The van der Waals surface area contributed by atoms with Crippen LogP contribution in [0.15, 0.2) is 59.8 Å². The van der Waals surface area contributed by atoms with Gasteiger partial charge in [0.2, 0.25) is 5.16 Å². The van der Waals surface area contributed by atoms with E-state index in [0.29, 0.717) is 41.2 Å². The van der Waals surface area contributed by atoms with Crippen molar-refractivity contribution in [2.75, 3.05) is 20.2 Å². The third-order valence-corrected chi connectivity index (χ3v) is 6.48. The maximum atomic E-state index is 13.3. The van der Waals surface area contributed by atoms with Gasteiger partial charge >= 0.3 is 0 Å². The van der Waals surface area contributed by atoms with Crippen LogP contribution in [-0.2, 0) is 5.75 Å². The number of hydrogen-bond acceptors (Lipinski definition) is 7. The van der Waals surface area contributed by atoms with Gasteiger partial charge in [0.1, 0.15) is 6.61 Å². The molecule has 2 aromatic heterocycles. The first-order valence-corrected chi connectivity index (χ1v) is 12.0. The molecule has 2 aromatic carbocycles. The predicted octanol–water partition coefficient (Wildman–Crippen LogP) is 3.95. The van der Waals surface area contributed by atoms with Crippen molar-refractivity contribution >= 4 is 23.4 Å². The van der Waals surface area contributed by atoms with E-state index in [-0.39, 0.29) is 12.0 Å². The number of aryl methyl sites for hydroxylation is 2. The number of aromatic nitrogens is 4. The number of nitrogens with zero attached hydrogens (tertiary/aromatic N) is 5. The largest absolute Gasteiger partial charge is 0.486 e. The summed E-state index contributed by atoms with van der Waals surface area (Å²) in [6.07, 6.45) is -0.230. The highest BCUT2D eigenvalue weighted by molar-refractivity contribution is 7.98. The van der Waals surface area contributed by atoms with E-state index in [1.54, 1.807) is 16.5 Å². The zero-order chi connectivity index (χ0) is 23.7. The van der Waals surface area contributed by atoms with Crippen LogP contribution in [0.3, 0.4) is 0 Å². The summed E-state index contributed by atoms with van der Waals surface area (Å²) in [6.45, 7) is 4.75. The van der Waals surface area contributed by atoms with Gasteiger partial charge in [-0.1, -0.05) is 42.1 Å². The molecule has 174 valence electrons. The van der Waals surface area contributed by atoms with E-state index in [0.717, 1.165) is 22.7 Å². The number of carbonyl (C=O) groups excluding carboxylic acids is 1. The van der Waals surface area contributed by atoms with Gasteiger partial charge in [-0.2, -0.15) is 4.98 Å². The van der Waals surface area contributed by atoms with Gasteiger partial charge in [0, 0.05) is 29.8 Å². The molecule has 9 heteroatoms. The van der Waals surface area contributed by atoms with Gasteiger partial charge in [-0.25, -0.2) is 9.50 Å². The summed E-state index contributed by atoms with van der Waals surface area (Å²) in [6, 6.07) is 17.2. The number of amides is 1. The third kappa shape index (κ3) is 4.56. The van der Waals surface area contributed by atoms with Crippen LogP contribution in [0.2, 0.25) is 0 Å². The fraction of sp³-hybridized carbons (Fsp3) is 0.280. The first-order valence-electron chi connectivity index (χ1n) is 11.0. The summed E-state index contributed by atoms with van der Waals surface area (Å²) < 4.78 is 13.6.